The molecule has 4 atom stereocenters. The zero-order valence-electron chi connectivity index (χ0n) is 20.3. The zero-order valence-corrected chi connectivity index (χ0v) is 20.3. The van der Waals surface area contributed by atoms with E-state index in [0.29, 0.717) is 17.9 Å². The van der Waals surface area contributed by atoms with Crippen molar-refractivity contribution in [3.8, 4) is 0 Å². The van der Waals surface area contributed by atoms with Gasteiger partial charge in [0.1, 0.15) is 6.54 Å². The Hall–Kier alpha value is -3.48. The first kappa shape index (κ1) is 23.0. The molecule has 7 nitrogen and oxygen atoms in total. The Bertz CT molecular complexity index is 1190. The fourth-order valence-corrected chi connectivity index (χ4v) is 6.78. The molecule has 0 N–H and O–H groups in total. The number of imide groups is 1. The van der Waals surface area contributed by atoms with E-state index in [1.807, 2.05) is 59.5 Å². The lowest BCUT2D eigenvalue weighted by Crippen LogP contribution is -2.49. The number of likely N-dealkylation sites (tertiary alicyclic amines) is 1. The maximum atomic E-state index is 13.9. The summed E-state index contributed by atoms with van der Waals surface area (Å²) >= 11 is 0. The second-order valence-corrected chi connectivity index (χ2v) is 10.5. The monoisotopic (exact) mass is 485 g/mol. The molecule has 186 valence electrons. The summed E-state index contributed by atoms with van der Waals surface area (Å²) in [6.07, 6.45) is 5.65. The topological polar surface area (TPSA) is 78.0 Å². The van der Waals surface area contributed by atoms with Crippen molar-refractivity contribution in [1.29, 1.82) is 0 Å². The van der Waals surface area contributed by atoms with Crippen molar-refractivity contribution in [3.63, 3.8) is 0 Å². The molecule has 0 aromatic heterocycles. The first-order valence-electron chi connectivity index (χ1n) is 13.2. The molecule has 6 rings (SSSR count). The number of hydrogen-bond donors (Lipinski definition) is 0. The number of rotatable bonds is 4. The van der Waals surface area contributed by atoms with Crippen LogP contribution in [0.25, 0.3) is 0 Å². The molecule has 4 aliphatic rings. The van der Waals surface area contributed by atoms with Gasteiger partial charge in [-0.05, 0) is 43.4 Å². The summed E-state index contributed by atoms with van der Waals surface area (Å²) in [5.41, 5.74) is 2.39. The standard InChI is InChI=1S/C29H31N3O4/c33-26(18-31-27(34)20-11-4-5-12-21(20)28(31)35)32-23-16-8-13-22(23)29(36)30(17-19-9-2-1-3-10-19)24-14-6-7-15-25(24)32/h1-3,6-7,9-10,14-15,20-23H,4-5,8,11-13,16-18H2/t20-,21+,22?,23?. The number of amides is 4. The molecule has 2 heterocycles. The molecule has 0 radical (unpaired) electrons. The number of carbonyl (C=O) groups is 4. The summed E-state index contributed by atoms with van der Waals surface area (Å²) in [4.78, 5) is 58.7. The van der Waals surface area contributed by atoms with Gasteiger partial charge in [-0.2, -0.15) is 0 Å². The van der Waals surface area contributed by atoms with Gasteiger partial charge in [-0.15, -0.1) is 0 Å². The molecule has 3 fully saturated rings. The van der Waals surface area contributed by atoms with Crippen LogP contribution in [-0.4, -0.2) is 41.1 Å². The normalized spacial score (nSPS) is 27.6. The van der Waals surface area contributed by atoms with E-state index in [4.69, 9.17) is 0 Å². The first-order chi connectivity index (χ1) is 17.5. The lowest BCUT2D eigenvalue weighted by atomic mass is 9.81. The van der Waals surface area contributed by atoms with Crippen molar-refractivity contribution in [2.45, 2.75) is 57.5 Å². The molecule has 2 saturated carbocycles. The Labute approximate surface area is 211 Å². The Morgan fingerprint density at radius 2 is 1.25 bits per heavy atom. The van der Waals surface area contributed by atoms with Crippen LogP contribution in [0, 0.1) is 17.8 Å². The van der Waals surface area contributed by atoms with Crippen LogP contribution in [0.5, 0.6) is 0 Å². The fraction of sp³-hybridized carbons (Fsp3) is 0.448. The van der Waals surface area contributed by atoms with Gasteiger partial charge in [-0.25, -0.2) is 0 Å². The molecule has 2 aromatic rings. The molecule has 1 saturated heterocycles. The summed E-state index contributed by atoms with van der Waals surface area (Å²) in [5.74, 6) is -1.53. The third-order valence-corrected chi connectivity index (χ3v) is 8.50. The average molecular weight is 486 g/mol. The number of nitrogens with zero attached hydrogens (tertiary/aromatic N) is 3. The van der Waals surface area contributed by atoms with Crippen molar-refractivity contribution in [1.82, 2.24) is 4.90 Å². The zero-order chi connectivity index (χ0) is 24.8. The second-order valence-electron chi connectivity index (χ2n) is 10.5. The average Bonchev–Trinajstić information content (AvgIpc) is 3.45. The van der Waals surface area contributed by atoms with Gasteiger partial charge in [0.05, 0.1) is 35.7 Å². The summed E-state index contributed by atoms with van der Waals surface area (Å²) < 4.78 is 0. The lowest BCUT2D eigenvalue weighted by Gasteiger charge is -2.31. The largest absolute Gasteiger partial charge is 0.306 e. The van der Waals surface area contributed by atoms with Gasteiger partial charge < -0.3 is 9.80 Å². The highest BCUT2D eigenvalue weighted by Gasteiger charge is 2.50. The van der Waals surface area contributed by atoms with Crippen LogP contribution >= 0.6 is 0 Å². The van der Waals surface area contributed by atoms with Crippen LogP contribution in [0.4, 0.5) is 11.4 Å². The van der Waals surface area contributed by atoms with E-state index < -0.39 is 0 Å². The Morgan fingerprint density at radius 3 is 1.94 bits per heavy atom. The molecular formula is C29H31N3O4. The molecule has 7 heteroatoms. The maximum Gasteiger partial charge on any atom is 0.247 e. The Balaban J connectivity index is 1.35. The third kappa shape index (κ3) is 3.72. The van der Waals surface area contributed by atoms with Crippen molar-refractivity contribution in [2.75, 3.05) is 16.3 Å². The third-order valence-electron chi connectivity index (χ3n) is 8.50. The first-order valence-corrected chi connectivity index (χ1v) is 13.2. The molecular weight excluding hydrogens is 454 g/mol. The highest BCUT2D eigenvalue weighted by atomic mass is 16.2. The number of benzene rings is 2. The van der Waals surface area contributed by atoms with Crippen molar-refractivity contribution < 1.29 is 19.2 Å². The minimum Gasteiger partial charge on any atom is -0.306 e. The molecule has 0 bridgehead atoms. The smallest absolute Gasteiger partial charge is 0.247 e. The van der Waals surface area contributed by atoms with Gasteiger partial charge >= 0.3 is 0 Å². The quantitative estimate of drug-likeness (QED) is 0.616. The van der Waals surface area contributed by atoms with E-state index in [-0.39, 0.29) is 54.0 Å². The van der Waals surface area contributed by atoms with Crippen LogP contribution in [0.15, 0.2) is 54.6 Å². The van der Waals surface area contributed by atoms with Gasteiger partial charge in [0.2, 0.25) is 23.6 Å². The van der Waals surface area contributed by atoms with Crippen LogP contribution < -0.4 is 9.80 Å². The van der Waals surface area contributed by atoms with Crippen LogP contribution in [0.3, 0.4) is 0 Å². The van der Waals surface area contributed by atoms with E-state index in [0.717, 1.165) is 50.5 Å². The molecule has 36 heavy (non-hydrogen) atoms. The predicted molar refractivity (Wildman–Crippen MR) is 135 cm³/mol. The number of anilines is 2. The highest BCUT2D eigenvalue weighted by Crippen LogP contribution is 2.44. The minimum absolute atomic E-state index is 0.0310. The van der Waals surface area contributed by atoms with Crippen molar-refractivity contribution >= 4 is 35.0 Å². The fourth-order valence-electron chi connectivity index (χ4n) is 6.78. The van der Waals surface area contributed by atoms with Crippen LogP contribution in [0.1, 0.15) is 50.5 Å². The van der Waals surface area contributed by atoms with Crippen molar-refractivity contribution in [2.24, 2.45) is 17.8 Å². The molecule has 4 amide bonds. The van der Waals surface area contributed by atoms with Crippen LogP contribution in [-0.2, 0) is 25.7 Å². The SMILES string of the molecule is O=C1[C@H]2CCCC[C@H]2C(=O)N1CC(=O)N1c2ccccc2N(Cc2ccccc2)C(=O)C2CCCC21. The number of carbonyl (C=O) groups excluding carboxylic acids is 4. The molecule has 2 aliphatic carbocycles. The summed E-state index contributed by atoms with van der Waals surface area (Å²) in [6, 6.07) is 17.1. The minimum atomic E-state index is -0.308. The Kier molecular flexibility index (Phi) is 5.86. The van der Waals surface area contributed by atoms with E-state index >= 15 is 0 Å². The van der Waals surface area contributed by atoms with E-state index in [1.54, 1.807) is 4.90 Å². The summed E-state index contributed by atoms with van der Waals surface area (Å²) in [6.45, 7) is 0.170. The molecule has 2 aromatic carbocycles. The molecule has 0 spiro atoms. The predicted octanol–water partition coefficient (Wildman–Crippen LogP) is 3.91. The summed E-state index contributed by atoms with van der Waals surface area (Å²) in [7, 11) is 0. The van der Waals surface area contributed by atoms with Gasteiger partial charge in [-0.1, -0.05) is 61.7 Å². The van der Waals surface area contributed by atoms with Gasteiger partial charge in [0, 0.05) is 6.04 Å². The molecule has 2 unspecified atom stereocenters. The van der Waals surface area contributed by atoms with Gasteiger partial charge in [-0.3, -0.25) is 24.1 Å². The van der Waals surface area contributed by atoms with Gasteiger partial charge in [0.15, 0.2) is 0 Å². The maximum absolute atomic E-state index is 13.9. The second kappa shape index (κ2) is 9.19. The summed E-state index contributed by atoms with van der Waals surface area (Å²) in [5, 5.41) is 0. The van der Waals surface area contributed by atoms with Crippen LogP contribution in [0.2, 0.25) is 0 Å². The van der Waals surface area contributed by atoms with Gasteiger partial charge in [0.25, 0.3) is 0 Å². The van der Waals surface area contributed by atoms with E-state index in [2.05, 4.69) is 0 Å². The highest BCUT2D eigenvalue weighted by molar-refractivity contribution is 6.11. The molecule has 2 aliphatic heterocycles. The van der Waals surface area contributed by atoms with E-state index in [9.17, 15) is 19.2 Å². The lowest BCUT2D eigenvalue weighted by molar-refractivity contribution is -0.143. The number of hydrogen-bond acceptors (Lipinski definition) is 4. The Morgan fingerprint density at radius 1 is 0.667 bits per heavy atom. The van der Waals surface area contributed by atoms with E-state index in [1.165, 1.54) is 4.90 Å². The number of fused-ring (bicyclic) bond motifs is 3. The van der Waals surface area contributed by atoms with Crippen molar-refractivity contribution in [3.05, 3.63) is 60.2 Å². The number of para-hydroxylation sites is 2.